The number of hydrogen-bond acceptors (Lipinski definition) is 2. The first-order chi connectivity index (χ1) is 5.24. The molecule has 1 aliphatic carbocycles. The van der Waals surface area contributed by atoms with Crippen molar-refractivity contribution in [3.8, 4) is 0 Å². The van der Waals surface area contributed by atoms with Crippen LogP contribution in [0.15, 0.2) is 11.6 Å². The van der Waals surface area contributed by atoms with Gasteiger partial charge in [-0.2, -0.15) is 0 Å². The molecular formula is C9H16O2. The van der Waals surface area contributed by atoms with Crippen LogP contribution < -0.4 is 0 Å². The molecule has 0 aliphatic heterocycles. The zero-order chi connectivity index (χ0) is 8.27. The largest absolute Gasteiger partial charge is 0.390 e. The molecule has 0 bridgehead atoms. The van der Waals surface area contributed by atoms with Crippen LogP contribution in [0.5, 0.6) is 0 Å². The highest BCUT2D eigenvalue weighted by molar-refractivity contribution is 5.09. The molecule has 64 valence electrons. The molecule has 0 amide bonds. The van der Waals surface area contributed by atoms with Crippen molar-refractivity contribution in [3.63, 3.8) is 0 Å². The third-order valence-electron chi connectivity index (χ3n) is 2.13. The summed E-state index contributed by atoms with van der Waals surface area (Å²) in [6.07, 6.45) is 4.46. The maximum atomic E-state index is 9.28. The average molecular weight is 156 g/mol. The molecule has 0 aromatic carbocycles. The lowest BCUT2D eigenvalue weighted by Gasteiger charge is -2.23. The Morgan fingerprint density at radius 2 is 2.18 bits per heavy atom. The minimum absolute atomic E-state index is 0.526. The van der Waals surface area contributed by atoms with Crippen molar-refractivity contribution >= 4 is 0 Å². The van der Waals surface area contributed by atoms with E-state index in [1.54, 1.807) is 0 Å². The second-order valence-electron chi connectivity index (χ2n) is 3.19. The van der Waals surface area contributed by atoms with Crippen LogP contribution in [-0.2, 0) is 0 Å². The molecule has 0 saturated heterocycles. The highest BCUT2D eigenvalue weighted by Gasteiger charge is 2.20. The van der Waals surface area contributed by atoms with Gasteiger partial charge in [0, 0.05) is 0 Å². The Balaban J connectivity index is 2.45. The number of rotatable bonds is 2. The van der Waals surface area contributed by atoms with Crippen LogP contribution >= 0.6 is 0 Å². The van der Waals surface area contributed by atoms with Crippen molar-refractivity contribution < 1.29 is 10.2 Å². The van der Waals surface area contributed by atoms with Gasteiger partial charge in [-0.3, -0.25) is 0 Å². The smallest absolute Gasteiger partial charge is 0.0839 e. The first-order valence-electron chi connectivity index (χ1n) is 4.28. The molecule has 2 atom stereocenters. The molecule has 0 aromatic rings. The van der Waals surface area contributed by atoms with Crippen LogP contribution in [-0.4, -0.2) is 22.4 Å². The molecule has 11 heavy (non-hydrogen) atoms. The summed E-state index contributed by atoms with van der Waals surface area (Å²) in [4.78, 5) is 0. The van der Waals surface area contributed by atoms with Gasteiger partial charge in [0.25, 0.3) is 0 Å². The third-order valence-corrected chi connectivity index (χ3v) is 2.13. The predicted molar refractivity (Wildman–Crippen MR) is 44.2 cm³/mol. The minimum Gasteiger partial charge on any atom is -0.390 e. The van der Waals surface area contributed by atoms with E-state index in [4.69, 9.17) is 5.11 Å². The van der Waals surface area contributed by atoms with Crippen molar-refractivity contribution in [2.24, 2.45) is 0 Å². The molecule has 0 spiro atoms. The van der Waals surface area contributed by atoms with Crippen molar-refractivity contribution in [2.45, 2.75) is 44.8 Å². The highest BCUT2D eigenvalue weighted by atomic mass is 16.3. The van der Waals surface area contributed by atoms with E-state index in [9.17, 15) is 5.11 Å². The fourth-order valence-corrected chi connectivity index (χ4v) is 1.46. The van der Waals surface area contributed by atoms with Crippen LogP contribution in [0, 0.1) is 0 Å². The summed E-state index contributed by atoms with van der Waals surface area (Å²) in [5, 5.41) is 18.5. The summed E-state index contributed by atoms with van der Waals surface area (Å²) in [6, 6.07) is 0. The van der Waals surface area contributed by atoms with Gasteiger partial charge in [0.05, 0.1) is 12.2 Å². The number of aliphatic hydroxyl groups is 2. The van der Waals surface area contributed by atoms with Crippen LogP contribution in [0.2, 0.25) is 0 Å². The minimum atomic E-state index is -0.532. The lowest BCUT2D eigenvalue weighted by atomic mass is 9.92. The van der Waals surface area contributed by atoms with Crippen LogP contribution in [0.1, 0.15) is 32.6 Å². The zero-order valence-corrected chi connectivity index (χ0v) is 6.95. The first kappa shape index (κ1) is 8.75. The Morgan fingerprint density at radius 1 is 1.45 bits per heavy atom. The quantitative estimate of drug-likeness (QED) is 0.590. The zero-order valence-electron chi connectivity index (χ0n) is 6.95. The summed E-state index contributed by atoms with van der Waals surface area (Å²) >= 11 is 0. The van der Waals surface area contributed by atoms with Crippen LogP contribution in [0.3, 0.4) is 0 Å². The molecule has 2 nitrogen and oxygen atoms in total. The molecule has 1 rings (SSSR count). The lowest BCUT2D eigenvalue weighted by Crippen LogP contribution is -2.28. The van der Waals surface area contributed by atoms with Crippen LogP contribution in [0.4, 0.5) is 0 Å². The molecule has 2 N–H and O–H groups in total. The third kappa shape index (κ3) is 2.31. The van der Waals surface area contributed by atoms with Gasteiger partial charge in [-0.15, -0.1) is 0 Å². The molecule has 0 fully saturated rings. The molecule has 2 heteroatoms. The van der Waals surface area contributed by atoms with E-state index in [0.717, 1.165) is 12.8 Å². The SMILES string of the molecule is CCCC1=CCC(O)C(O)C1. The van der Waals surface area contributed by atoms with Crippen LogP contribution in [0.25, 0.3) is 0 Å². The van der Waals surface area contributed by atoms with E-state index in [-0.39, 0.29) is 0 Å². The van der Waals surface area contributed by atoms with E-state index >= 15 is 0 Å². The maximum absolute atomic E-state index is 9.28. The average Bonchev–Trinajstić information content (AvgIpc) is 1.98. The molecule has 2 unspecified atom stereocenters. The summed E-state index contributed by atoms with van der Waals surface area (Å²) in [5.41, 5.74) is 1.30. The molecular weight excluding hydrogens is 140 g/mol. The first-order valence-corrected chi connectivity index (χ1v) is 4.28. The van der Waals surface area contributed by atoms with Gasteiger partial charge < -0.3 is 10.2 Å². The summed E-state index contributed by atoms with van der Waals surface area (Å²) in [6.45, 7) is 2.12. The van der Waals surface area contributed by atoms with E-state index in [0.29, 0.717) is 12.8 Å². The van der Waals surface area contributed by atoms with Gasteiger partial charge in [0.15, 0.2) is 0 Å². The molecule has 0 heterocycles. The monoisotopic (exact) mass is 156 g/mol. The number of hydrogen-bond donors (Lipinski definition) is 2. The normalized spacial score (nSPS) is 31.7. The van der Waals surface area contributed by atoms with E-state index in [1.165, 1.54) is 5.57 Å². The Hall–Kier alpha value is -0.340. The standard InChI is InChI=1S/C9H16O2/c1-2-3-7-4-5-8(10)9(11)6-7/h4,8-11H,2-3,5-6H2,1H3. The van der Waals surface area contributed by atoms with Gasteiger partial charge in [-0.05, 0) is 19.3 Å². The molecule has 0 saturated carbocycles. The Kier molecular flexibility index (Phi) is 3.09. The van der Waals surface area contributed by atoms with Gasteiger partial charge in [0.1, 0.15) is 0 Å². The van der Waals surface area contributed by atoms with Crippen molar-refractivity contribution in [2.75, 3.05) is 0 Å². The fourth-order valence-electron chi connectivity index (χ4n) is 1.46. The number of aliphatic hydroxyl groups excluding tert-OH is 2. The summed E-state index contributed by atoms with van der Waals surface area (Å²) < 4.78 is 0. The van der Waals surface area contributed by atoms with Crippen molar-refractivity contribution in [3.05, 3.63) is 11.6 Å². The topological polar surface area (TPSA) is 40.5 Å². The summed E-state index contributed by atoms with van der Waals surface area (Å²) in [7, 11) is 0. The predicted octanol–water partition coefficient (Wildman–Crippen LogP) is 1.23. The maximum Gasteiger partial charge on any atom is 0.0839 e. The second kappa shape index (κ2) is 3.88. The van der Waals surface area contributed by atoms with Gasteiger partial charge >= 0.3 is 0 Å². The Labute approximate surface area is 67.6 Å². The molecule has 0 aromatic heterocycles. The molecule has 0 radical (unpaired) electrons. The van der Waals surface area contributed by atoms with Crippen molar-refractivity contribution in [1.82, 2.24) is 0 Å². The van der Waals surface area contributed by atoms with Gasteiger partial charge in [0.2, 0.25) is 0 Å². The highest BCUT2D eigenvalue weighted by Crippen LogP contribution is 2.21. The van der Waals surface area contributed by atoms with E-state index in [1.807, 2.05) is 0 Å². The molecule has 1 aliphatic rings. The lowest BCUT2D eigenvalue weighted by molar-refractivity contribution is 0.0162. The van der Waals surface area contributed by atoms with E-state index < -0.39 is 12.2 Å². The van der Waals surface area contributed by atoms with Gasteiger partial charge in [-0.1, -0.05) is 25.0 Å². The fraction of sp³-hybridized carbons (Fsp3) is 0.778. The second-order valence-corrected chi connectivity index (χ2v) is 3.19. The van der Waals surface area contributed by atoms with Gasteiger partial charge in [-0.25, -0.2) is 0 Å². The Bertz CT molecular complexity index is 152. The van der Waals surface area contributed by atoms with Crippen molar-refractivity contribution in [1.29, 1.82) is 0 Å². The summed E-state index contributed by atoms with van der Waals surface area (Å²) in [5.74, 6) is 0. The van der Waals surface area contributed by atoms with E-state index in [2.05, 4.69) is 13.0 Å². The Morgan fingerprint density at radius 3 is 2.73 bits per heavy atom.